The van der Waals surface area contributed by atoms with Gasteiger partial charge in [-0.15, -0.1) is 0 Å². The number of carbonyl (C=O) groups excluding carboxylic acids is 2. The maximum Gasteiger partial charge on any atom is 0.257 e. The van der Waals surface area contributed by atoms with Crippen LogP contribution in [-0.2, 0) is 9.59 Å². The minimum absolute atomic E-state index is 0.0760. The van der Waals surface area contributed by atoms with Crippen molar-refractivity contribution in [1.29, 1.82) is 5.26 Å². The summed E-state index contributed by atoms with van der Waals surface area (Å²) in [4.78, 5) is 24.0. The van der Waals surface area contributed by atoms with Crippen LogP contribution in [0.15, 0.2) is 24.3 Å². The highest BCUT2D eigenvalue weighted by molar-refractivity contribution is 5.97. The van der Waals surface area contributed by atoms with Crippen molar-refractivity contribution >= 4 is 17.5 Å². The van der Waals surface area contributed by atoms with Crippen molar-refractivity contribution in [3.8, 4) is 11.8 Å². The Kier molecular flexibility index (Phi) is 6.19. The van der Waals surface area contributed by atoms with Crippen molar-refractivity contribution in [2.75, 3.05) is 18.5 Å². The van der Waals surface area contributed by atoms with E-state index in [2.05, 4.69) is 16.7 Å². The second-order valence-corrected chi connectivity index (χ2v) is 5.98. The number of nitriles is 1. The minimum Gasteiger partial charge on any atom is -0.484 e. The zero-order chi connectivity index (χ0) is 17.4. The van der Waals surface area contributed by atoms with Crippen molar-refractivity contribution in [2.45, 2.75) is 39.0 Å². The lowest BCUT2D eigenvalue weighted by molar-refractivity contribution is -0.124. The van der Waals surface area contributed by atoms with Crippen molar-refractivity contribution in [1.82, 2.24) is 5.32 Å². The maximum atomic E-state index is 12.5. The van der Waals surface area contributed by atoms with Crippen LogP contribution in [0, 0.1) is 16.7 Å². The number of anilines is 1. The Morgan fingerprint density at radius 1 is 1.29 bits per heavy atom. The largest absolute Gasteiger partial charge is 0.484 e. The number of hydrogen-bond acceptors (Lipinski definition) is 4. The van der Waals surface area contributed by atoms with Crippen molar-refractivity contribution in [3.05, 3.63) is 24.3 Å². The van der Waals surface area contributed by atoms with Gasteiger partial charge >= 0.3 is 0 Å². The first-order valence-corrected chi connectivity index (χ1v) is 8.32. The molecule has 0 radical (unpaired) electrons. The van der Waals surface area contributed by atoms with Gasteiger partial charge in [-0.1, -0.05) is 25.3 Å². The Bertz CT molecular complexity index is 631. The van der Waals surface area contributed by atoms with Crippen LogP contribution < -0.4 is 15.4 Å². The molecule has 2 rings (SSSR count). The average Bonchev–Trinajstić information content (AvgIpc) is 2.61. The van der Waals surface area contributed by atoms with Gasteiger partial charge in [0.2, 0.25) is 5.91 Å². The molecule has 0 spiro atoms. The van der Waals surface area contributed by atoms with E-state index in [9.17, 15) is 14.9 Å². The molecule has 0 bridgehead atoms. The molecule has 2 N–H and O–H groups in total. The third-order valence-corrected chi connectivity index (χ3v) is 4.19. The molecule has 0 unspecified atom stereocenters. The molecule has 128 valence electrons. The van der Waals surface area contributed by atoms with Gasteiger partial charge in [-0.3, -0.25) is 9.59 Å². The lowest BCUT2D eigenvalue weighted by Gasteiger charge is -2.29. The topological polar surface area (TPSA) is 91.2 Å². The predicted molar refractivity (Wildman–Crippen MR) is 90.4 cm³/mol. The average molecular weight is 329 g/mol. The van der Waals surface area contributed by atoms with Crippen molar-refractivity contribution in [2.24, 2.45) is 5.41 Å². The Balaban J connectivity index is 1.99. The number of benzene rings is 1. The first-order valence-electron chi connectivity index (χ1n) is 8.32. The van der Waals surface area contributed by atoms with Crippen molar-refractivity contribution in [3.63, 3.8) is 0 Å². The van der Waals surface area contributed by atoms with E-state index in [0.29, 0.717) is 30.8 Å². The molecule has 0 atom stereocenters. The molecule has 1 aliphatic rings. The van der Waals surface area contributed by atoms with Gasteiger partial charge in [-0.25, -0.2) is 0 Å². The quantitative estimate of drug-likeness (QED) is 0.839. The third-order valence-electron chi connectivity index (χ3n) is 4.19. The molecule has 0 aromatic heterocycles. The van der Waals surface area contributed by atoms with E-state index in [1.807, 2.05) is 6.92 Å². The van der Waals surface area contributed by atoms with E-state index >= 15 is 0 Å². The van der Waals surface area contributed by atoms with E-state index in [0.717, 1.165) is 19.3 Å². The molecule has 0 aliphatic heterocycles. The molecule has 0 saturated heterocycles. The number of hydrogen-bond donors (Lipinski definition) is 2. The summed E-state index contributed by atoms with van der Waals surface area (Å²) in [6.07, 6.45) is 4.07. The fraction of sp³-hybridized carbons (Fsp3) is 0.500. The Morgan fingerprint density at radius 2 is 2.04 bits per heavy atom. The second kappa shape index (κ2) is 8.34. The normalized spacial score (nSPS) is 15.8. The summed E-state index contributed by atoms with van der Waals surface area (Å²) in [5.74, 6) is 0.0388. The summed E-state index contributed by atoms with van der Waals surface area (Å²) in [6, 6.07) is 9.07. The lowest BCUT2D eigenvalue weighted by Crippen LogP contribution is -2.36. The van der Waals surface area contributed by atoms with Gasteiger partial charge in [0.05, 0.1) is 6.07 Å². The molecule has 24 heavy (non-hydrogen) atoms. The van der Waals surface area contributed by atoms with E-state index in [1.165, 1.54) is 0 Å². The van der Waals surface area contributed by atoms with Crippen molar-refractivity contribution < 1.29 is 14.3 Å². The molecule has 2 amide bonds. The summed E-state index contributed by atoms with van der Waals surface area (Å²) in [6.45, 7) is 2.31. The smallest absolute Gasteiger partial charge is 0.257 e. The van der Waals surface area contributed by atoms with Crippen LogP contribution in [0.3, 0.4) is 0 Å². The number of nitrogens with zero attached hydrogens (tertiary/aromatic N) is 1. The van der Waals surface area contributed by atoms with E-state index in [-0.39, 0.29) is 18.4 Å². The highest BCUT2D eigenvalue weighted by Gasteiger charge is 2.39. The number of carbonyl (C=O) groups is 2. The minimum atomic E-state index is -0.934. The number of nitrogens with one attached hydrogen (secondary N) is 2. The fourth-order valence-electron chi connectivity index (χ4n) is 2.86. The first-order chi connectivity index (χ1) is 11.6. The molecule has 1 fully saturated rings. The van der Waals surface area contributed by atoms with Gasteiger partial charge in [0.15, 0.2) is 6.61 Å². The number of rotatable bonds is 6. The molecule has 0 heterocycles. The highest BCUT2D eigenvalue weighted by atomic mass is 16.5. The van der Waals surface area contributed by atoms with Crippen LogP contribution in [0.1, 0.15) is 39.0 Å². The van der Waals surface area contributed by atoms with E-state index in [1.54, 1.807) is 24.3 Å². The van der Waals surface area contributed by atoms with Crippen LogP contribution in [0.2, 0.25) is 0 Å². The highest BCUT2D eigenvalue weighted by Crippen LogP contribution is 2.36. The number of likely N-dealkylation sites (N-methyl/N-ethyl adjacent to an activating group) is 1. The monoisotopic (exact) mass is 329 g/mol. The molecular weight excluding hydrogens is 306 g/mol. The molecular formula is C18H23N3O3. The molecule has 1 aliphatic carbocycles. The van der Waals surface area contributed by atoms with Gasteiger partial charge in [0, 0.05) is 18.3 Å². The van der Waals surface area contributed by atoms with Crippen LogP contribution in [0.4, 0.5) is 5.69 Å². The van der Waals surface area contributed by atoms with Gasteiger partial charge in [-0.2, -0.15) is 5.26 Å². The van der Waals surface area contributed by atoms with Gasteiger partial charge < -0.3 is 15.4 Å². The van der Waals surface area contributed by atoms with Gasteiger partial charge in [-0.05, 0) is 31.9 Å². The third kappa shape index (κ3) is 4.48. The summed E-state index contributed by atoms with van der Waals surface area (Å²) in [5, 5.41) is 14.9. The van der Waals surface area contributed by atoms with E-state index in [4.69, 9.17) is 4.74 Å². The van der Waals surface area contributed by atoms with Gasteiger partial charge in [0.1, 0.15) is 11.2 Å². The number of ether oxygens (including phenoxy) is 1. The lowest BCUT2D eigenvalue weighted by atomic mass is 9.74. The van der Waals surface area contributed by atoms with Crippen LogP contribution in [0.5, 0.6) is 5.75 Å². The second-order valence-electron chi connectivity index (χ2n) is 5.98. The SMILES string of the molecule is CCNC(=O)COc1cccc(NC(=O)C2(C#N)CCCCC2)c1. The summed E-state index contributed by atoms with van der Waals surface area (Å²) in [5.41, 5.74) is -0.371. The Hall–Kier alpha value is -2.55. The standard InChI is InChI=1S/C18H23N3O3/c1-2-20-16(22)12-24-15-8-6-7-14(11-15)21-17(23)18(13-19)9-4-3-5-10-18/h6-8,11H,2-5,9-10,12H2,1H3,(H,20,22)(H,21,23). The van der Waals surface area contributed by atoms with E-state index < -0.39 is 5.41 Å². The molecule has 1 aromatic rings. The van der Waals surface area contributed by atoms with Gasteiger partial charge in [0.25, 0.3) is 5.91 Å². The maximum absolute atomic E-state index is 12.5. The Morgan fingerprint density at radius 3 is 2.71 bits per heavy atom. The molecule has 1 aromatic carbocycles. The Labute approximate surface area is 142 Å². The van der Waals surface area contributed by atoms with Crippen LogP contribution in [0.25, 0.3) is 0 Å². The van der Waals surface area contributed by atoms with Crippen LogP contribution in [-0.4, -0.2) is 25.0 Å². The van der Waals surface area contributed by atoms with Crippen LogP contribution >= 0.6 is 0 Å². The molecule has 6 nitrogen and oxygen atoms in total. The number of amides is 2. The first kappa shape index (κ1) is 17.8. The summed E-state index contributed by atoms with van der Waals surface area (Å²) in [7, 11) is 0. The summed E-state index contributed by atoms with van der Waals surface area (Å²) >= 11 is 0. The zero-order valence-electron chi connectivity index (χ0n) is 13.9. The predicted octanol–water partition coefficient (Wildman–Crippen LogP) is 2.61. The fourth-order valence-corrected chi connectivity index (χ4v) is 2.86. The molecule has 1 saturated carbocycles. The zero-order valence-corrected chi connectivity index (χ0v) is 13.9. The summed E-state index contributed by atoms with van der Waals surface area (Å²) < 4.78 is 5.41. The molecule has 6 heteroatoms.